The molecule has 0 atom stereocenters. The van der Waals surface area contributed by atoms with Crippen LogP contribution in [0.1, 0.15) is 27.0 Å². The summed E-state index contributed by atoms with van der Waals surface area (Å²) < 4.78 is 40.5. The van der Waals surface area contributed by atoms with Gasteiger partial charge in [0.05, 0.1) is 36.0 Å². The molecular weight excluding hydrogens is 623 g/mol. The van der Waals surface area contributed by atoms with Crippen LogP contribution >= 0.6 is 0 Å². The average molecular weight is 656 g/mol. The Morgan fingerprint density at radius 2 is 1.42 bits per heavy atom. The van der Waals surface area contributed by atoms with Crippen LogP contribution in [0.5, 0.6) is 11.5 Å². The molecule has 240 valence electrons. The predicted octanol–water partition coefficient (Wildman–Crippen LogP) is 7.59. The van der Waals surface area contributed by atoms with Gasteiger partial charge < -0.3 is 9.47 Å². The third-order valence-corrected chi connectivity index (χ3v) is 9.54. The van der Waals surface area contributed by atoms with Crippen LogP contribution in [0.15, 0.2) is 156 Å². The van der Waals surface area contributed by atoms with Crippen LogP contribution in [0.25, 0.3) is 10.8 Å². The maximum Gasteiger partial charge on any atom is 0.273 e. The minimum absolute atomic E-state index is 0.0116. The molecule has 0 aliphatic heterocycles. The lowest BCUT2D eigenvalue weighted by Gasteiger charge is -2.26. The van der Waals surface area contributed by atoms with Gasteiger partial charge in [0.25, 0.3) is 15.9 Å². The first-order valence-electron chi connectivity index (χ1n) is 15.2. The van der Waals surface area contributed by atoms with E-state index in [1.165, 1.54) is 29.8 Å². The summed E-state index contributed by atoms with van der Waals surface area (Å²) in [6, 6.07) is 43.6. The van der Waals surface area contributed by atoms with Gasteiger partial charge in [-0.3, -0.25) is 9.10 Å². The number of fused-ring (bicyclic) bond motifs is 1. The van der Waals surface area contributed by atoms with Crippen LogP contribution in [-0.4, -0.2) is 27.6 Å². The van der Waals surface area contributed by atoms with E-state index in [4.69, 9.17) is 9.47 Å². The van der Waals surface area contributed by atoms with Crippen molar-refractivity contribution in [2.45, 2.75) is 18.0 Å². The van der Waals surface area contributed by atoms with E-state index in [0.717, 1.165) is 27.5 Å². The number of carbonyl (C=O) groups is 1. The molecular formula is C39H33N3O5S. The zero-order valence-corrected chi connectivity index (χ0v) is 27.0. The normalized spacial score (nSPS) is 11.4. The van der Waals surface area contributed by atoms with Crippen LogP contribution in [-0.2, 0) is 23.2 Å². The molecule has 48 heavy (non-hydrogen) atoms. The number of hydrogen-bond acceptors (Lipinski definition) is 6. The molecule has 0 aromatic heterocycles. The Hall–Kier alpha value is -5.93. The SMILES string of the molecule is COc1ccc(S(=O)(=O)N(Cc2ccccc2)c2ccccc2C(=O)NN=Cc2ccc(OCc3cccc4ccccc34)cc2)cc1. The van der Waals surface area contributed by atoms with Crippen molar-refractivity contribution in [1.82, 2.24) is 5.43 Å². The highest BCUT2D eigenvalue weighted by Gasteiger charge is 2.28. The molecule has 6 aromatic rings. The minimum atomic E-state index is -4.09. The Bertz CT molecular complexity index is 2150. The van der Waals surface area contributed by atoms with Crippen LogP contribution in [0.3, 0.4) is 0 Å². The summed E-state index contributed by atoms with van der Waals surface area (Å²) in [6.07, 6.45) is 1.52. The van der Waals surface area contributed by atoms with E-state index in [2.05, 4.69) is 34.8 Å². The first kappa shape index (κ1) is 32.0. The van der Waals surface area contributed by atoms with Gasteiger partial charge >= 0.3 is 0 Å². The summed E-state index contributed by atoms with van der Waals surface area (Å²) in [7, 11) is -2.57. The second kappa shape index (κ2) is 14.7. The number of hydrazone groups is 1. The lowest BCUT2D eigenvalue weighted by atomic mass is 10.1. The van der Waals surface area contributed by atoms with E-state index in [0.29, 0.717) is 18.1 Å². The largest absolute Gasteiger partial charge is 0.497 e. The molecule has 1 N–H and O–H groups in total. The Morgan fingerprint density at radius 1 is 0.750 bits per heavy atom. The van der Waals surface area contributed by atoms with Crippen LogP contribution < -0.4 is 19.2 Å². The first-order chi connectivity index (χ1) is 23.4. The Labute approximate surface area is 279 Å². The number of benzene rings is 6. The fraction of sp³-hybridized carbons (Fsp3) is 0.0769. The van der Waals surface area contributed by atoms with Gasteiger partial charge in [0, 0.05) is 0 Å². The maximum atomic E-state index is 14.0. The molecule has 0 saturated heterocycles. The van der Waals surface area contributed by atoms with Crippen molar-refractivity contribution in [2.75, 3.05) is 11.4 Å². The first-order valence-corrected chi connectivity index (χ1v) is 16.7. The molecule has 6 aromatic carbocycles. The zero-order valence-electron chi connectivity index (χ0n) is 26.2. The summed E-state index contributed by atoms with van der Waals surface area (Å²) in [4.78, 5) is 13.5. The summed E-state index contributed by atoms with van der Waals surface area (Å²) in [5, 5.41) is 6.47. The molecule has 0 spiro atoms. The molecule has 8 nitrogen and oxygen atoms in total. The van der Waals surface area contributed by atoms with E-state index in [9.17, 15) is 13.2 Å². The number of nitrogens with one attached hydrogen (secondary N) is 1. The third kappa shape index (κ3) is 7.37. The van der Waals surface area contributed by atoms with Gasteiger partial charge in [-0.25, -0.2) is 13.8 Å². The van der Waals surface area contributed by atoms with Gasteiger partial charge in [0.2, 0.25) is 0 Å². The standard InChI is InChI=1S/C39H33N3O5S/c1-46-33-22-24-35(25-23-33)48(44,45)42(27-30-10-3-2-4-11-30)38-17-8-7-16-37(38)39(43)41-40-26-29-18-20-34(21-19-29)47-28-32-14-9-13-31-12-5-6-15-36(31)32/h2-26H,27-28H2,1H3,(H,41,43). The Balaban J connectivity index is 1.17. The fourth-order valence-corrected chi connectivity index (χ4v) is 6.73. The number of methoxy groups -OCH3 is 1. The molecule has 0 bridgehead atoms. The van der Waals surface area contributed by atoms with Crippen molar-refractivity contribution < 1.29 is 22.7 Å². The van der Waals surface area contributed by atoms with Crippen molar-refractivity contribution >= 4 is 38.6 Å². The third-order valence-electron chi connectivity index (χ3n) is 7.77. The molecule has 0 aliphatic carbocycles. The molecule has 6 rings (SSSR count). The van der Waals surface area contributed by atoms with Crippen molar-refractivity contribution in [1.29, 1.82) is 0 Å². The minimum Gasteiger partial charge on any atom is -0.497 e. The van der Waals surface area contributed by atoms with Crippen molar-refractivity contribution in [3.8, 4) is 11.5 Å². The number of anilines is 1. The summed E-state index contributed by atoms with van der Waals surface area (Å²) >= 11 is 0. The van der Waals surface area contributed by atoms with Gasteiger partial charge in [-0.05, 0) is 88.1 Å². The second-order valence-corrected chi connectivity index (χ2v) is 12.7. The smallest absolute Gasteiger partial charge is 0.273 e. The van der Waals surface area contributed by atoms with Gasteiger partial charge in [0.1, 0.15) is 18.1 Å². The van der Waals surface area contributed by atoms with Crippen LogP contribution in [0.2, 0.25) is 0 Å². The van der Waals surface area contributed by atoms with Crippen molar-refractivity contribution in [3.05, 3.63) is 168 Å². The average Bonchev–Trinajstić information content (AvgIpc) is 3.14. The van der Waals surface area contributed by atoms with E-state index in [-0.39, 0.29) is 22.7 Å². The van der Waals surface area contributed by atoms with Crippen molar-refractivity contribution in [3.63, 3.8) is 0 Å². The Morgan fingerprint density at radius 3 is 2.19 bits per heavy atom. The lowest BCUT2D eigenvalue weighted by Crippen LogP contribution is -2.33. The molecule has 0 radical (unpaired) electrons. The number of rotatable bonds is 12. The molecule has 9 heteroatoms. The van der Waals surface area contributed by atoms with Gasteiger partial charge in [0.15, 0.2) is 0 Å². The van der Waals surface area contributed by atoms with Gasteiger partial charge in [-0.2, -0.15) is 5.10 Å². The molecule has 0 unspecified atom stereocenters. The van der Waals surface area contributed by atoms with E-state index in [1.807, 2.05) is 72.8 Å². The summed E-state index contributed by atoms with van der Waals surface area (Å²) in [6.45, 7) is 0.442. The number of hydrogen-bond donors (Lipinski definition) is 1. The quantitative estimate of drug-likeness (QED) is 0.108. The highest BCUT2D eigenvalue weighted by molar-refractivity contribution is 7.92. The lowest BCUT2D eigenvalue weighted by molar-refractivity contribution is 0.0955. The maximum absolute atomic E-state index is 14.0. The fourth-order valence-electron chi connectivity index (χ4n) is 5.26. The highest BCUT2D eigenvalue weighted by Crippen LogP contribution is 2.30. The number of amides is 1. The summed E-state index contributed by atoms with van der Waals surface area (Å²) in [5.74, 6) is 0.679. The highest BCUT2D eigenvalue weighted by atomic mass is 32.2. The van der Waals surface area contributed by atoms with Gasteiger partial charge in [-0.15, -0.1) is 0 Å². The second-order valence-electron chi connectivity index (χ2n) is 10.9. The van der Waals surface area contributed by atoms with Crippen LogP contribution in [0, 0.1) is 0 Å². The number of ether oxygens (including phenoxy) is 2. The topological polar surface area (TPSA) is 97.3 Å². The summed E-state index contributed by atoms with van der Waals surface area (Å²) in [5.41, 5.74) is 5.52. The van der Waals surface area contributed by atoms with E-state index in [1.54, 1.807) is 36.4 Å². The molecule has 1 amide bonds. The monoisotopic (exact) mass is 655 g/mol. The zero-order chi connectivity index (χ0) is 33.3. The number of sulfonamides is 1. The van der Waals surface area contributed by atoms with Gasteiger partial charge in [-0.1, -0.05) is 84.9 Å². The number of carbonyl (C=O) groups excluding carboxylic acids is 1. The predicted molar refractivity (Wildman–Crippen MR) is 189 cm³/mol. The van der Waals surface area contributed by atoms with E-state index >= 15 is 0 Å². The molecule has 0 saturated carbocycles. The van der Waals surface area contributed by atoms with Crippen molar-refractivity contribution in [2.24, 2.45) is 5.10 Å². The number of para-hydroxylation sites is 1. The van der Waals surface area contributed by atoms with E-state index < -0.39 is 15.9 Å². The number of nitrogens with zero attached hydrogens (tertiary/aromatic N) is 2. The molecule has 0 heterocycles. The Kier molecular flexibility index (Phi) is 9.78. The molecule has 0 aliphatic rings. The van der Waals surface area contributed by atoms with Crippen LogP contribution in [0.4, 0.5) is 5.69 Å². The molecule has 0 fully saturated rings.